The van der Waals surface area contributed by atoms with E-state index in [1.54, 1.807) is 6.92 Å². The number of nitrogens with zero attached hydrogens (tertiary/aromatic N) is 3. The topological polar surface area (TPSA) is 78.2 Å². The van der Waals surface area contributed by atoms with E-state index < -0.39 is 11.8 Å². The van der Waals surface area contributed by atoms with Crippen molar-refractivity contribution in [3.63, 3.8) is 0 Å². The molecule has 0 radical (unpaired) electrons. The maximum absolute atomic E-state index is 9.56. The van der Waals surface area contributed by atoms with Gasteiger partial charge in [0.25, 0.3) is 0 Å². The van der Waals surface area contributed by atoms with Crippen molar-refractivity contribution in [2.24, 2.45) is 11.0 Å². The zero-order valence-corrected chi connectivity index (χ0v) is 8.14. The van der Waals surface area contributed by atoms with Gasteiger partial charge in [0, 0.05) is 4.91 Å². The molecule has 1 fully saturated rings. The molecule has 1 aliphatic rings. The molecule has 5 heteroatoms. The second-order valence-electron chi connectivity index (χ2n) is 3.64. The van der Waals surface area contributed by atoms with Gasteiger partial charge in [-0.1, -0.05) is 19.0 Å². The van der Waals surface area contributed by atoms with Gasteiger partial charge in [-0.15, -0.1) is 0 Å². The van der Waals surface area contributed by atoms with Crippen molar-refractivity contribution in [3.8, 4) is 0 Å². The molecule has 0 amide bonds. The maximum atomic E-state index is 9.56. The molecule has 0 aromatic carbocycles. The predicted octanol–water partition coefficient (Wildman–Crippen LogP) is 1.82. The third kappa shape index (κ3) is 1.50. The summed E-state index contributed by atoms with van der Waals surface area (Å²) in [6.07, 6.45) is -0.191. The molecular formula is C8H15N3O2. The molecule has 1 unspecified atom stereocenters. The summed E-state index contributed by atoms with van der Waals surface area (Å²) in [7, 11) is 0. The molecule has 1 rings (SSSR count). The van der Waals surface area contributed by atoms with Gasteiger partial charge in [-0.25, -0.2) is 0 Å². The van der Waals surface area contributed by atoms with Crippen molar-refractivity contribution in [2.75, 3.05) is 0 Å². The van der Waals surface area contributed by atoms with E-state index in [0.29, 0.717) is 0 Å². The first-order valence-electron chi connectivity index (χ1n) is 4.46. The van der Waals surface area contributed by atoms with Gasteiger partial charge in [-0.2, -0.15) is 0 Å². The van der Waals surface area contributed by atoms with Crippen LogP contribution < -0.4 is 0 Å². The number of azide groups is 1. The van der Waals surface area contributed by atoms with Crippen LogP contribution in [0.3, 0.4) is 0 Å². The maximum Gasteiger partial charge on any atom is 0.166 e. The third-order valence-electron chi connectivity index (χ3n) is 2.95. The summed E-state index contributed by atoms with van der Waals surface area (Å²) in [6, 6.07) is 0. The Bertz CT molecular complexity index is 240. The van der Waals surface area contributed by atoms with E-state index >= 15 is 0 Å². The van der Waals surface area contributed by atoms with Gasteiger partial charge in [0.1, 0.15) is 5.54 Å². The summed E-state index contributed by atoms with van der Waals surface area (Å²) >= 11 is 0. The first-order chi connectivity index (χ1) is 6.06. The molecule has 1 heterocycles. The summed E-state index contributed by atoms with van der Waals surface area (Å²) in [5.41, 5.74) is 7.55. The minimum atomic E-state index is -0.983. The lowest BCUT2D eigenvalue weighted by molar-refractivity contribution is -0.111. The number of aliphatic hydroxyl groups is 1. The Balaban J connectivity index is 2.91. The fraction of sp³-hybridized carbons (Fsp3) is 1.00. The van der Waals surface area contributed by atoms with Crippen LogP contribution in [0, 0.1) is 5.92 Å². The Morgan fingerprint density at radius 1 is 1.69 bits per heavy atom. The second kappa shape index (κ2) is 3.54. The van der Waals surface area contributed by atoms with Crippen molar-refractivity contribution in [1.29, 1.82) is 0 Å². The van der Waals surface area contributed by atoms with Gasteiger partial charge in [-0.3, -0.25) is 0 Å². The fourth-order valence-electron chi connectivity index (χ4n) is 1.71. The SMILES string of the molecule is CC[C@H]1OC(O)[C@](C)(N=[N+]=[N-])[C@@H]1C. The molecular weight excluding hydrogens is 170 g/mol. The summed E-state index contributed by atoms with van der Waals surface area (Å²) in [6.45, 7) is 5.63. The largest absolute Gasteiger partial charge is 0.367 e. The van der Waals surface area contributed by atoms with E-state index in [1.807, 2.05) is 13.8 Å². The number of ether oxygens (including phenoxy) is 1. The quantitative estimate of drug-likeness (QED) is 0.404. The van der Waals surface area contributed by atoms with E-state index in [-0.39, 0.29) is 12.0 Å². The number of hydrogen-bond donors (Lipinski definition) is 1. The Kier molecular flexibility index (Phi) is 2.81. The van der Waals surface area contributed by atoms with Crippen LogP contribution in [0.2, 0.25) is 0 Å². The molecule has 5 nitrogen and oxygen atoms in total. The van der Waals surface area contributed by atoms with E-state index in [4.69, 9.17) is 10.3 Å². The Morgan fingerprint density at radius 3 is 2.69 bits per heavy atom. The minimum Gasteiger partial charge on any atom is -0.367 e. The molecule has 13 heavy (non-hydrogen) atoms. The van der Waals surface area contributed by atoms with Crippen LogP contribution in [-0.4, -0.2) is 23.0 Å². The lowest BCUT2D eigenvalue weighted by Gasteiger charge is -2.24. The van der Waals surface area contributed by atoms with Crippen molar-refractivity contribution in [3.05, 3.63) is 10.4 Å². The van der Waals surface area contributed by atoms with Gasteiger partial charge >= 0.3 is 0 Å². The molecule has 74 valence electrons. The molecule has 0 aromatic rings. The molecule has 0 aliphatic carbocycles. The fourth-order valence-corrected chi connectivity index (χ4v) is 1.71. The Morgan fingerprint density at radius 2 is 2.31 bits per heavy atom. The van der Waals surface area contributed by atoms with Crippen LogP contribution in [0.25, 0.3) is 10.4 Å². The van der Waals surface area contributed by atoms with Gasteiger partial charge in [0.15, 0.2) is 6.29 Å². The van der Waals surface area contributed by atoms with E-state index in [1.165, 1.54) is 0 Å². The first kappa shape index (κ1) is 10.3. The standard InChI is InChI=1S/C8H15N3O2/c1-4-6-5(2)8(3,10-11-9)7(12)13-6/h5-7,12H,4H2,1-3H3/t5-,6-,7?,8-/m1/s1. The van der Waals surface area contributed by atoms with Crippen LogP contribution in [0.5, 0.6) is 0 Å². The highest BCUT2D eigenvalue weighted by molar-refractivity contribution is 4.99. The van der Waals surface area contributed by atoms with E-state index in [0.717, 1.165) is 6.42 Å². The molecule has 0 bridgehead atoms. The molecule has 0 aromatic heterocycles. The molecule has 1 aliphatic heterocycles. The molecule has 1 saturated heterocycles. The third-order valence-corrected chi connectivity index (χ3v) is 2.95. The summed E-state index contributed by atoms with van der Waals surface area (Å²) in [5, 5.41) is 13.2. The highest BCUT2D eigenvalue weighted by atomic mass is 16.6. The number of aliphatic hydroxyl groups excluding tert-OH is 1. The van der Waals surface area contributed by atoms with Crippen LogP contribution in [0.15, 0.2) is 5.11 Å². The van der Waals surface area contributed by atoms with Gasteiger partial charge < -0.3 is 9.84 Å². The molecule has 1 N–H and O–H groups in total. The van der Waals surface area contributed by atoms with Crippen LogP contribution >= 0.6 is 0 Å². The zero-order chi connectivity index (χ0) is 10.1. The highest BCUT2D eigenvalue weighted by Crippen LogP contribution is 2.39. The van der Waals surface area contributed by atoms with Gasteiger partial charge in [-0.05, 0) is 24.8 Å². The van der Waals surface area contributed by atoms with Gasteiger partial charge in [0.05, 0.1) is 6.10 Å². The minimum absolute atomic E-state index is 0.0227. The summed E-state index contributed by atoms with van der Waals surface area (Å²) < 4.78 is 5.28. The molecule has 0 spiro atoms. The lowest BCUT2D eigenvalue weighted by Crippen LogP contribution is -2.37. The lowest BCUT2D eigenvalue weighted by atomic mass is 9.85. The average Bonchev–Trinajstić information content (AvgIpc) is 2.31. The second-order valence-corrected chi connectivity index (χ2v) is 3.64. The number of hydrogen-bond acceptors (Lipinski definition) is 3. The van der Waals surface area contributed by atoms with Crippen molar-refractivity contribution in [1.82, 2.24) is 0 Å². The van der Waals surface area contributed by atoms with Gasteiger partial charge in [0.2, 0.25) is 0 Å². The zero-order valence-electron chi connectivity index (χ0n) is 8.14. The monoisotopic (exact) mass is 185 g/mol. The smallest absolute Gasteiger partial charge is 0.166 e. The predicted molar refractivity (Wildman–Crippen MR) is 47.9 cm³/mol. The normalized spacial score (nSPS) is 44.5. The van der Waals surface area contributed by atoms with Crippen molar-refractivity contribution >= 4 is 0 Å². The molecule has 4 atom stereocenters. The molecule has 0 saturated carbocycles. The first-order valence-corrected chi connectivity index (χ1v) is 4.46. The van der Waals surface area contributed by atoms with E-state index in [2.05, 4.69) is 10.0 Å². The van der Waals surface area contributed by atoms with Crippen LogP contribution in [0.4, 0.5) is 0 Å². The summed E-state index contributed by atoms with van der Waals surface area (Å²) in [5.74, 6) is 0.0448. The van der Waals surface area contributed by atoms with E-state index in [9.17, 15) is 5.11 Å². The van der Waals surface area contributed by atoms with Crippen LogP contribution in [-0.2, 0) is 4.74 Å². The highest BCUT2D eigenvalue weighted by Gasteiger charge is 2.49. The van der Waals surface area contributed by atoms with Crippen LogP contribution in [0.1, 0.15) is 27.2 Å². The van der Waals surface area contributed by atoms with Crippen molar-refractivity contribution < 1.29 is 9.84 Å². The number of rotatable bonds is 2. The Labute approximate surface area is 77.3 Å². The Hall–Kier alpha value is -0.770. The average molecular weight is 185 g/mol. The van der Waals surface area contributed by atoms with Crippen molar-refractivity contribution in [2.45, 2.75) is 45.1 Å². The summed E-state index contributed by atoms with van der Waals surface area (Å²) in [4.78, 5) is 2.74.